The van der Waals surface area contributed by atoms with Gasteiger partial charge in [-0.05, 0) is 59.9 Å². The number of rotatable bonds is 9. The third kappa shape index (κ3) is 16.3. The lowest BCUT2D eigenvalue weighted by Gasteiger charge is -2.11. The van der Waals surface area contributed by atoms with E-state index in [1.54, 1.807) is 48.5 Å². The van der Waals surface area contributed by atoms with Crippen molar-refractivity contribution in [2.24, 2.45) is 5.92 Å². The fourth-order valence-electron chi connectivity index (χ4n) is 4.42. The fourth-order valence-corrected chi connectivity index (χ4v) is 5.07. The van der Waals surface area contributed by atoms with E-state index >= 15 is 0 Å². The number of alkyl halides is 3. The molecule has 0 aliphatic heterocycles. The van der Waals surface area contributed by atoms with E-state index < -0.39 is 33.5 Å². The Morgan fingerprint density at radius 3 is 1.87 bits per heavy atom. The lowest BCUT2D eigenvalue weighted by Crippen LogP contribution is -2.28. The maximum absolute atomic E-state index is 12.8. The second-order valence-corrected chi connectivity index (χ2v) is 13.9. The number of benzene rings is 3. The smallest absolute Gasteiger partial charge is 0.351 e. The van der Waals surface area contributed by atoms with Crippen molar-refractivity contribution in [2.75, 3.05) is 17.6 Å². The van der Waals surface area contributed by atoms with Crippen molar-refractivity contribution in [3.63, 3.8) is 0 Å². The van der Waals surface area contributed by atoms with Crippen molar-refractivity contribution in [1.29, 1.82) is 0 Å². The molecule has 0 saturated heterocycles. The van der Waals surface area contributed by atoms with Crippen LogP contribution in [0.2, 0.25) is 5.02 Å². The van der Waals surface area contributed by atoms with Gasteiger partial charge in [0.2, 0.25) is 5.91 Å². The molecule has 0 bridgehead atoms. The molecule has 1 aliphatic carbocycles. The minimum atomic E-state index is -4.49. The molecule has 0 unspecified atom stereocenters. The van der Waals surface area contributed by atoms with E-state index in [0.717, 1.165) is 23.6 Å². The Kier molecular flexibility index (Phi) is 16.4. The highest BCUT2D eigenvalue weighted by atomic mass is 35.5. The summed E-state index contributed by atoms with van der Waals surface area (Å²) in [6, 6.07) is 16.1. The third-order valence-electron chi connectivity index (χ3n) is 6.78. The van der Waals surface area contributed by atoms with Gasteiger partial charge in [0.25, 0.3) is 16.0 Å². The summed E-state index contributed by atoms with van der Waals surface area (Å²) in [6.07, 6.45) is 5.07. The molecule has 1 aliphatic rings. The molecule has 2 amide bonds. The molecule has 12 heteroatoms. The average molecular weight is 697 g/mol. The van der Waals surface area contributed by atoms with Crippen LogP contribution in [0.5, 0.6) is 0 Å². The summed E-state index contributed by atoms with van der Waals surface area (Å²) in [5.74, 6) is -0.501. The Morgan fingerprint density at radius 2 is 1.40 bits per heavy atom. The van der Waals surface area contributed by atoms with Crippen molar-refractivity contribution < 1.29 is 35.7 Å². The first kappa shape index (κ1) is 39.8. The molecule has 0 aromatic heterocycles. The Bertz CT molecular complexity index is 1510. The summed E-state index contributed by atoms with van der Waals surface area (Å²) in [5.41, 5.74) is 1.81. The molecule has 0 heterocycles. The van der Waals surface area contributed by atoms with Crippen molar-refractivity contribution in [1.82, 2.24) is 5.32 Å². The second kappa shape index (κ2) is 19.4. The normalized spacial score (nSPS) is 13.0. The molecule has 7 nitrogen and oxygen atoms in total. The largest absolute Gasteiger partial charge is 0.416 e. The fraction of sp³-hybridized carbons (Fsp3) is 0.429. The highest BCUT2D eigenvalue weighted by Crippen LogP contribution is 2.35. The second-order valence-electron chi connectivity index (χ2n) is 11.9. The number of halogens is 4. The van der Waals surface area contributed by atoms with Gasteiger partial charge in [-0.15, -0.1) is 0 Å². The molecular weight excluding hydrogens is 653 g/mol. The van der Waals surface area contributed by atoms with Crippen LogP contribution in [0.4, 0.5) is 18.9 Å². The van der Waals surface area contributed by atoms with Gasteiger partial charge in [0.05, 0.1) is 11.3 Å². The Labute approximate surface area is 281 Å². The molecule has 1 saturated carbocycles. The van der Waals surface area contributed by atoms with Crippen molar-refractivity contribution in [3.8, 4) is 11.1 Å². The van der Waals surface area contributed by atoms with Crippen LogP contribution in [0.25, 0.3) is 11.1 Å². The summed E-state index contributed by atoms with van der Waals surface area (Å²) in [6.45, 7) is 6.28. The van der Waals surface area contributed by atoms with Crippen molar-refractivity contribution >= 4 is 39.2 Å². The maximum atomic E-state index is 12.8. The zero-order valence-electron chi connectivity index (χ0n) is 27.0. The molecule has 0 atom stereocenters. The Balaban J connectivity index is 0.000000659. The monoisotopic (exact) mass is 696 g/mol. The first-order chi connectivity index (χ1) is 22.0. The number of nitrogens with one attached hydrogen (secondary N) is 2. The summed E-state index contributed by atoms with van der Waals surface area (Å²) in [7, 11) is -4.16. The van der Waals surface area contributed by atoms with Crippen molar-refractivity contribution in [2.45, 2.75) is 78.3 Å². The van der Waals surface area contributed by atoms with Crippen LogP contribution in [0.3, 0.4) is 0 Å². The van der Waals surface area contributed by atoms with E-state index in [9.17, 15) is 31.2 Å². The number of amides is 2. The van der Waals surface area contributed by atoms with Gasteiger partial charge >= 0.3 is 6.18 Å². The first-order valence-corrected chi connectivity index (χ1v) is 17.6. The van der Waals surface area contributed by atoms with Crippen LogP contribution in [0.1, 0.15) is 87.2 Å². The van der Waals surface area contributed by atoms with E-state index in [1.807, 2.05) is 0 Å². The number of aryl methyl sites for hydroxylation is 1. The van der Waals surface area contributed by atoms with Gasteiger partial charge in [0, 0.05) is 34.8 Å². The molecule has 1 fully saturated rings. The lowest BCUT2D eigenvalue weighted by atomic mass is 10.0. The number of hydrogen-bond acceptors (Lipinski definition) is 4. The Morgan fingerprint density at radius 1 is 0.872 bits per heavy atom. The van der Waals surface area contributed by atoms with E-state index in [0.29, 0.717) is 28.8 Å². The van der Waals surface area contributed by atoms with Crippen LogP contribution >= 0.6 is 11.6 Å². The molecular formula is C35H44ClF3N2O5S. The molecule has 47 heavy (non-hydrogen) atoms. The van der Waals surface area contributed by atoms with Crippen LogP contribution < -0.4 is 10.6 Å². The van der Waals surface area contributed by atoms with Gasteiger partial charge in [0.1, 0.15) is 0 Å². The molecule has 3 aromatic rings. The SMILES string of the molecule is C1CCCCC1.CC(C)C.O=C(CCc1ccc(C(=O)NCCS(=O)(=O)O)cc1)Nc1ccc(-c2ccc(C(F)(F)F)cc2Cl)cc1. The predicted octanol–water partition coefficient (Wildman–Crippen LogP) is 9.22. The highest BCUT2D eigenvalue weighted by Gasteiger charge is 2.31. The molecule has 0 radical (unpaired) electrons. The van der Waals surface area contributed by atoms with Gasteiger partial charge in [-0.1, -0.05) is 101 Å². The van der Waals surface area contributed by atoms with E-state index in [4.69, 9.17) is 16.2 Å². The summed E-state index contributed by atoms with van der Waals surface area (Å²) < 4.78 is 68.6. The van der Waals surface area contributed by atoms with Gasteiger partial charge in [-0.25, -0.2) is 0 Å². The Hall–Kier alpha value is -3.41. The van der Waals surface area contributed by atoms with Gasteiger partial charge in [-0.3, -0.25) is 14.1 Å². The van der Waals surface area contributed by atoms with Gasteiger partial charge < -0.3 is 10.6 Å². The predicted molar refractivity (Wildman–Crippen MR) is 182 cm³/mol. The number of hydrogen-bond donors (Lipinski definition) is 3. The average Bonchev–Trinajstić information content (AvgIpc) is 3.00. The van der Waals surface area contributed by atoms with Crippen LogP contribution in [0, 0.1) is 5.92 Å². The minimum absolute atomic E-state index is 0.0341. The number of anilines is 1. The molecule has 4 rings (SSSR count). The van der Waals surface area contributed by atoms with E-state index in [1.165, 1.54) is 44.6 Å². The van der Waals surface area contributed by atoms with Crippen molar-refractivity contribution in [3.05, 3.63) is 88.4 Å². The summed E-state index contributed by atoms with van der Waals surface area (Å²) in [4.78, 5) is 24.3. The molecule has 258 valence electrons. The molecule has 3 aromatic carbocycles. The summed E-state index contributed by atoms with van der Waals surface area (Å²) >= 11 is 6.04. The van der Waals surface area contributed by atoms with E-state index in [2.05, 4.69) is 31.4 Å². The standard InChI is InChI=1S/C25H22ClF3N2O5S.C6H12.C4H10/c26-22-15-19(25(27,28)29)8-11-21(22)17-6-9-20(10-7-17)31-23(32)12-3-16-1-4-18(5-2-16)24(33)30-13-14-37(34,35)36;1-2-4-6-5-3-1;1-4(2)3/h1-2,4-11,15H,3,12-14H2,(H,30,33)(H,31,32)(H,34,35,36);1-6H2;4H,1-3H3. The van der Waals surface area contributed by atoms with Crippen LogP contribution in [-0.4, -0.2) is 37.1 Å². The van der Waals surface area contributed by atoms with Crippen LogP contribution in [-0.2, 0) is 27.5 Å². The minimum Gasteiger partial charge on any atom is -0.351 e. The van der Waals surface area contributed by atoms with Crippen LogP contribution in [0.15, 0.2) is 66.7 Å². The van der Waals surface area contributed by atoms with E-state index in [-0.39, 0.29) is 23.9 Å². The number of carbonyl (C=O) groups is 2. The molecule has 0 spiro atoms. The third-order valence-corrected chi connectivity index (χ3v) is 7.81. The highest BCUT2D eigenvalue weighted by molar-refractivity contribution is 7.85. The lowest BCUT2D eigenvalue weighted by molar-refractivity contribution is -0.137. The van der Waals surface area contributed by atoms with Gasteiger partial charge in [-0.2, -0.15) is 21.6 Å². The van der Waals surface area contributed by atoms with Gasteiger partial charge in [0.15, 0.2) is 0 Å². The maximum Gasteiger partial charge on any atom is 0.416 e. The number of carbonyl (C=O) groups excluding carboxylic acids is 2. The quantitative estimate of drug-likeness (QED) is 0.193. The zero-order valence-corrected chi connectivity index (χ0v) is 28.6. The first-order valence-electron chi connectivity index (χ1n) is 15.6. The zero-order chi connectivity index (χ0) is 35.0. The topological polar surface area (TPSA) is 113 Å². The molecule has 3 N–H and O–H groups in total. The summed E-state index contributed by atoms with van der Waals surface area (Å²) in [5, 5.41) is 5.09.